The Morgan fingerprint density at radius 2 is 1.32 bits per heavy atom. The lowest BCUT2D eigenvalue weighted by atomic mass is 9.80. The molecular weight excluding hydrogens is 266 g/mol. The summed E-state index contributed by atoms with van der Waals surface area (Å²) < 4.78 is 0. The minimum Gasteiger partial charge on any atom is -0.297 e. The predicted molar refractivity (Wildman–Crippen MR) is 99.7 cm³/mol. The van der Waals surface area contributed by atoms with Crippen LogP contribution in [0.15, 0.2) is 12.1 Å². The molecule has 2 atom stereocenters. The van der Waals surface area contributed by atoms with E-state index in [0.29, 0.717) is 12.0 Å². The van der Waals surface area contributed by atoms with Gasteiger partial charge >= 0.3 is 0 Å². The highest BCUT2D eigenvalue weighted by Gasteiger charge is 2.21. The molecule has 0 aromatic heterocycles. The highest BCUT2D eigenvalue weighted by Crippen LogP contribution is 2.35. The van der Waals surface area contributed by atoms with Crippen molar-refractivity contribution >= 4 is 0 Å². The van der Waals surface area contributed by atoms with Crippen LogP contribution >= 0.6 is 0 Å². The van der Waals surface area contributed by atoms with Gasteiger partial charge in [-0.2, -0.15) is 0 Å². The molecule has 0 fully saturated rings. The summed E-state index contributed by atoms with van der Waals surface area (Å²) in [5, 5.41) is 0. The summed E-state index contributed by atoms with van der Waals surface area (Å²) in [5.41, 5.74) is 5.99. The number of benzene rings is 1. The molecule has 0 bridgehead atoms. The van der Waals surface area contributed by atoms with Crippen molar-refractivity contribution in [3.63, 3.8) is 0 Å². The molecule has 0 aliphatic carbocycles. The van der Waals surface area contributed by atoms with Crippen LogP contribution in [0.4, 0.5) is 0 Å². The van der Waals surface area contributed by atoms with Crippen LogP contribution in [-0.4, -0.2) is 18.0 Å². The quantitative estimate of drug-likeness (QED) is 0.549. The fourth-order valence-electron chi connectivity index (χ4n) is 4.05. The molecule has 0 unspecified atom stereocenters. The smallest absolute Gasteiger partial charge is 0.0322 e. The first-order valence-electron chi connectivity index (χ1n) is 9.26. The average Bonchev–Trinajstić information content (AvgIpc) is 2.49. The molecule has 1 nitrogen and oxygen atoms in total. The minimum atomic E-state index is 0.503. The predicted octanol–water partition coefficient (Wildman–Crippen LogP) is 6.25. The van der Waals surface area contributed by atoms with Crippen molar-refractivity contribution in [2.45, 2.75) is 80.2 Å². The molecule has 1 heteroatoms. The van der Waals surface area contributed by atoms with Gasteiger partial charge in [0.05, 0.1) is 0 Å². The van der Waals surface area contributed by atoms with Gasteiger partial charge in [0, 0.05) is 6.04 Å². The van der Waals surface area contributed by atoms with Crippen molar-refractivity contribution in [1.82, 2.24) is 4.90 Å². The van der Waals surface area contributed by atoms with Crippen LogP contribution < -0.4 is 0 Å². The highest BCUT2D eigenvalue weighted by atomic mass is 15.1. The van der Waals surface area contributed by atoms with Crippen molar-refractivity contribution < 1.29 is 0 Å². The van der Waals surface area contributed by atoms with Gasteiger partial charge in [-0.15, -0.1) is 0 Å². The Morgan fingerprint density at radius 1 is 0.818 bits per heavy atom. The van der Waals surface area contributed by atoms with Gasteiger partial charge in [-0.05, 0) is 68.0 Å². The summed E-state index contributed by atoms with van der Waals surface area (Å²) in [6.07, 6.45) is 2.54. The molecule has 0 saturated heterocycles. The maximum Gasteiger partial charge on any atom is 0.0322 e. The van der Waals surface area contributed by atoms with Gasteiger partial charge < -0.3 is 0 Å². The van der Waals surface area contributed by atoms with Crippen LogP contribution in [-0.2, 0) is 0 Å². The molecule has 22 heavy (non-hydrogen) atoms. The third kappa shape index (κ3) is 4.13. The standard InChI is InChI=1S/C21H37N/c1-9-19(10-2)17(7)20-14-21(16(6)13-15(20)5)18(8)22(11-3)12-4/h13-14,17-19H,9-12H2,1-8H3/t17-,18-/m0/s1. The van der Waals surface area contributed by atoms with Crippen molar-refractivity contribution in [3.05, 3.63) is 34.4 Å². The van der Waals surface area contributed by atoms with E-state index in [9.17, 15) is 0 Å². The lowest BCUT2D eigenvalue weighted by molar-refractivity contribution is 0.233. The largest absolute Gasteiger partial charge is 0.297 e. The van der Waals surface area contributed by atoms with Crippen LogP contribution in [0.2, 0.25) is 0 Å². The Morgan fingerprint density at radius 3 is 1.77 bits per heavy atom. The van der Waals surface area contributed by atoms with Gasteiger partial charge in [0.25, 0.3) is 0 Å². The maximum absolute atomic E-state index is 2.54. The van der Waals surface area contributed by atoms with Crippen LogP contribution in [0.3, 0.4) is 0 Å². The SMILES string of the molecule is CCC(CC)[C@H](C)c1cc([C@H](C)N(CC)CC)c(C)cc1C. The molecule has 0 aliphatic rings. The third-order valence-corrected chi connectivity index (χ3v) is 5.71. The second-order valence-electron chi connectivity index (χ2n) is 6.83. The van der Waals surface area contributed by atoms with E-state index in [1.165, 1.54) is 29.5 Å². The molecule has 0 aliphatic heterocycles. The van der Waals surface area contributed by atoms with Gasteiger partial charge in [0.2, 0.25) is 0 Å². The van der Waals surface area contributed by atoms with Crippen molar-refractivity contribution in [3.8, 4) is 0 Å². The molecule has 1 aromatic carbocycles. The summed E-state index contributed by atoms with van der Waals surface area (Å²) in [6, 6.07) is 5.42. The topological polar surface area (TPSA) is 3.24 Å². The Bertz CT molecular complexity index is 416. The van der Waals surface area contributed by atoms with E-state index >= 15 is 0 Å². The number of aryl methyl sites for hydroxylation is 2. The summed E-state index contributed by atoms with van der Waals surface area (Å²) in [4.78, 5) is 2.54. The average molecular weight is 304 g/mol. The number of hydrogen-bond acceptors (Lipinski definition) is 1. The number of nitrogens with zero attached hydrogens (tertiary/aromatic N) is 1. The van der Waals surface area contributed by atoms with E-state index in [-0.39, 0.29) is 0 Å². The van der Waals surface area contributed by atoms with Gasteiger partial charge in [0.15, 0.2) is 0 Å². The lowest BCUT2D eigenvalue weighted by Crippen LogP contribution is -2.27. The Kier molecular flexibility index (Phi) is 7.62. The summed E-state index contributed by atoms with van der Waals surface area (Å²) in [7, 11) is 0. The van der Waals surface area contributed by atoms with E-state index in [1.54, 1.807) is 5.56 Å². The Balaban J connectivity index is 3.24. The zero-order valence-corrected chi connectivity index (χ0v) is 16.2. The van der Waals surface area contributed by atoms with Crippen LogP contribution in [0.25, 0.3) is 0 Å². The van der Waals surface area contributed by atoms with Gasteiger partial charge in [-0.1, -0.05) is 59.6 Å². The first kappa shape index (κ1) is 19.2. The molecule has 0 N–H and O–H groups in total. The molecule has 126 valence electrons. The lowest BCUT2D eigenvalue weighted by Gasteiger charge is -2.30. The fraction of sp³-hybridized carbons (Fsp3) is 0.714. The van der Waals surface area contributed by atoms with E-state index in [4.69, 9.17) is 0 Å². The monoisotopic (exact) mass is 303 g/mol. The molecule has 0 radical (unpaired) electrons. The molecule has 1 rings (SSSR count). The molecule has 0 spiro atoms. The third-order valence-electron chi connectivity index (χ3n) is 5.71. The number of hydrogen-bond donors (Lipinski definition) is 0. The highest BCUT2D eigenvalue weighted by molar-refractivity contribution is 5.40. The van der Waals surface area contributed by atoms with Gasteiger partial charge in [0.1, 0.15) is 0 Å². The summed E-state index contributed by atoms with van der Waals surface area (Å²) >= 11 is 0. The van der Waals surface area contributed by atoms with Gasteiger partial charge in [-0.3, -0.25) is 4.90 Å². The van der Waals surface area contributed by atoms with E-state index in [0.717, 1.165) is 19.0 Å². The second kappa shape index (κ2) is 8.72. The van der Waals surface area contributed by atoms with E-state index < -0.39 is 0 Å². The molecule has 1 aromatic rings. The molecule has 0 saturated carbocycles. The maximum atomic E-state index is 2.54. The van der Waals surface area contributed by atoms with Gasteiger partial charge in [-0.25, -0.2) is 0 Å². The summed E-state index contributed by atoms with van der Waals surface area (Å²) in [6.45, 7) is 20.7. The molecule has 0 heterocycles. The van der Waals surface area contributed by atoms with Crippen LogP contribution in [0.5, 0.6) is 0 Å². The fourth-order valence-corrected chi connectivity index (χ4v) is 4.05. The second-order valence-corrected chi connectivity index (χ2v) is 6.83. The van der Waals surface area contributed by atoms with E-state index in [2.05, 4.69) is 72.4 Å². The Hall–Kier alpha value is -0.820. The first-order chi connectivity index (χ1) is 10.4. The van der Waals surface area contributed by atoms with Crippen molar-refractivity contribution in [2.75, 3.05) is 13.1 Å². The summed E-state index contributed by atoms with van der Waals surface area (Å²) in [5.74, 6) is 1.44. The van der Waals surface area contributed by atoms with Crippen LogP contribution in [0.1, 0.15) is 88.6 Å². The minimum absolute atomic E-state index is 0.503. The van der Waals surface area contributed by atoms with Crippen LogP contribution in [0, 0.1) is 19.8 Å². The molecular formula is C21H37N. The van der Waals surface area contributed by atoms with E-state index in [1.807, 2.05) is 0 Å². The normalized spacial score (nSPS) is 14.6. The Labute approximate surface area is 139 Å². The zero-order chi connectivity index (χ0) is 16.9. The first-order valence-corrected chi connectivity index (χ1v) is 9.26. The van der Waals surface area contributed by atoms with Crippen molar-refractivity contribution in [1.29, 1.82) is 0 Å². The zero-order valence-electron chi connectivity index (χ0n) is 16.2. The van der Waals surface area contributed by atoms with Crippen molar-refractivity contribution in [2.24, 2.45) is 5.92 Å². The molecule has 0 amide bonds. The number of rotatable bonds is 8.